The first kappa shape index (κ1) is 17.8. The topological polar surface area (TPSA) is 65.2 Å². The first-order chi connectivity index (χ1) is 14.1. The number of para-hydroxylation sites is 1. The number of benzene rings is 1. The molecule has 1 aromatic carbocycles. The largest absolute Gasteiger partial charge is 0.370 e. The third kappa shape index (κ3) is 3.04. The van der Waals surface area contributed by atoms with Gasteiger partial charge in [0.2, 0.25) is 0 Å². The van der Waals surface area contributed by atoms with E-state index >= 15 is 0 Å². The minimum Gasteiger partial charge on any atom is -0.370 e. The molecule has 0 amide bonds. The smallest absolute Gasteiger partial charge is 0.167 e. The van der Waals surface area contributed by atoms with E-state index in [0.29, 0.717) is 12.4 Å². The lowest BCUT2D eigenvalue weighted by molar-refractivity contribution is -0.0379. The number of thiazole rings is 1. The van der Waals surface area contributed by atoms with E-state index in [1.54, 1.807) is 40.8 Å². The zero-order valence-corrected chi connectivity index (χ0v) is 18.3. The second-order valence-corrected chi connectivity index (χ2v) is 11.0. The van der Waals surface area contributed by atoms with Gasteiger partial charge in [0, 0.05) is 11.3 Å². The first-order valence-corrected chi connectivity index (χ1v) is 11.9. The van der Waals surface area contributed by atoms with Crippen LogP contribution >= 0.6 is 34.4 Å². The van der Waals surface area contributed by atoms with E-state index in [2.05, 4.69) is 30.0 Å². The van der Waals surface area contributed by atoms with Gasteiger partial charge in [0.25, 0.3) is 0 Å². The third-order valence-corrected chi connectivity index (χ3v) is 8.34. The van der Waals surface area contributed by atoms with Crippen molar-refractivity contribution in [2.45, 2.75) is 42.6 Å². The molecule has 5 aromatic rings. The molecule has 1 aliphatic heterocycles. The predicted octanol–water partition coefficient (Wildman–Crippen LogP) is 5.09. The van der Waals surface area contributed by atoms with E-state index in [-0.39, 0.29) is 5.60 Å². The Morgan fingerprint density at radius 2 is 2.10 bits per heavy atom. The second kappa shape index (κ2) is 6.46. The Bertz CT molecular complexity index is 1350. The number of ether oxygens (including phenoxy) is 1. The summed E-state index contributed by atoms with van der Waals surface area (Å²) in [5.74, 6) is 1.49. The molecular formula is C20H17N5OS3. The third-order valence-electron chi connectivity index (χ3n) is 5.05. The standard InChI is InChI=1S/C20H17N5OS3/c1-20(2)7-11-14(8-26-20)28-18-16(11)17-23-15(24-25(17)10-21-18)9-27-19-22-12-5-3-4-6-13(12)29-19/h3-6,10H,7-9H2,1-2H3. The van der Waals surface area contributed by atoms with Crippen molar-refractivity contribution in [1.29, 1.82) is 0 Å². The Hall–Kier alpha value is -2.07. The molecule has 6 nitrogen and oxygen atoms in total. The fourth-order valence-corrected chi connectivity index (χ4v) is 6.67. The van der Waals surface area contributed by atoms with Crippen LogP contribution in [0.15, 0.2) is 34.9 Å². The zero-order valence-electron chi connectivity index (χ0n) is 15.9. The Kier molecular flexibility index (Phi) is 3.96. The molecule has 0 N–H and O–H groups in total. The normalized spacial score (nSPS) is 16.1. The molecule has 0 radical (unpaired) electrons. The van der Waals surface area contributed by atoms with Crippen LogP contribution in [-0.2, 0) is 23.5 Å². The monoisotopic (exact) mass is 439 g/mol. The van der Waals surface area contributed by atoms with Gasteiger partial charge in [0.1, 0.15) is 11.2 Å². The maximum absolute atomic E-state index is 5.98. The summed E-state index contributed by atoms with van der Waals surface area (Å²) >= 11 is 5.10. The Morgan fingerprint density at radius 3 is 3.00 bits per heavy atom. The summed E-state index contributed by atoms with van der Waals surface area (Å²) in [5, 5.41) is 5.80. The van der Waals surface area contributed by atoms with Crippen LogP contribution in [0.1, 0.15) is 30.1 Å². The lowest BCUT2D eigenvalue weighted by Crippen LogP contribution is -2.31. The van der Waals surface area contributed by atoms with E-state index in [1.165, 1.54) is 15.1 Å². The van der Waals surface area contributed by atoms with Gasteiger partial charge in [0.15, 0.2) is 15.8 Å². The van der Waals surface area contributed by atoms with Crippen LogP contribution in [0.2, 0.25) is 0 Å². The first-order valence-electron chi connectivity index (χ1n) is 9.33. The Balaban J connectivity index is 1.36. The van der Waals surface area contributed by atoms with Gasteiger partial charge in [-0.15, -0.1) is 27.8 Å². The summed E-state index contributed by atoms with van der Waals surface area (Å²) in [6.07, 6.45) is 2.64. The molecule has 0 aliphatic carbocycles. The summed E-state index contributed by atoms with van der Waals surface area (Å²) in [4.78, 5) is 16.5. The number of aromatic nitrogens is 5. The van der Waals surface area contributed by atoms with Crippen molar-refractivity contribution in [2.24, 2.45) is 0 Å². The highest BCUT2D eigenvalue weighted by atomic mass is 32.2. The van der Waals surface area contributed by atoms with E-state index < -0.39 is 0 Å². The summed E-state index contributed by atoms with van der Waals surface area (Å²) in [6.45, 7) is 4.91. The molecule has 9 heteroatoms. The van der Waals surface area contributed by atoms with Crippen LogP contribution in [-0.4, -0.2) is 30.2 Å². The lowest BCUT2D eigenvalue weighted by atomic mass is 9.94. The van der Waals surface area contributed by atoms with Crippen LogP contribution < -0.4 is 0 Å². The molecule has 4 aromatic heterocycles. The van der Waals surface area contributed by atoms with E-state index in [1.807, 2.05) is 22.7 Å². The highest BCUT2D eigenvalue weighted by Crippen LogP contribution is 2.39. The summed E-state index contributed by atoms with van der Waals surface area (Å²) in [5.41, 5.74) is 3.09. The highest BCUT2D eigenvalue weighted by Gasteiger charge is 2.30. The number of nitrogens with zero attached hydrogens (tertiary/aromatic N) is 5. The molecule has 0 atom stereocenters. The van der Waals surface area contributed by atoms with Crippen molar-refractivity contribution in [1.82, 2.24) is 24.6 Å². The van der Waals surface area contributed by atoms with Gasteiger partial charge < -0.3 is 4.74 Å². The van der Waals surface area contributed by atoms with Gasteiger partial charge >= 0.3 is 0 Å². The molecule has 0 unspecified atom stereocenters. The summed E-state index contributed by atoms with van der Waals surface area (Å²) < 4.78 is 10.0. The van der Waals surface area contributed by atoms with Crippen molar-refractivity contribution >= 4 is 60.5 Å². The minimum atomic E-state index is -0.167. The SMILES string of the molecule is CC1(C)Cc2c(sc3ncn4nc(CSc5nc6ccccc6s5)nc4c23)CO1. The molecule has 29 heavy (non-hydrogen) atoms. The minimum absolute atomic E-state index is 0.167. The summed E-state index contributed by atoms with van der Waals surface area (Å²) in [6, 6.07) is 8.22. The van der Waals surface area contributed by atoms with Gasteiger partial charge in [0.05, 0.1) is 33.6 Å². The number of hydrogen-bond donors (Lipinski definition) is 0. The van der Waals surface area contributed by atoms with Gasteiger partial charge in [-0.2, -0.15) is 0 Å². The van der Waals surface area contributed by atoms with Gasteiger partial charge in [-0.3, -0.25) is 0 Å². The molecule has 0 fully saturated rings. The van der Waals surface area contributed by atoms with Crippen molar-refractivity contribution in [3.8, 4) is 0 Å². The number of hydrogen-bond acceptors (Lipinski definition) is 8. The molecule has 0 saturated heterocycles. The average Bonchev–Trinajstić information content (AvgIpc) is 3.38. The maximum atomic E-state index is 5.98. The number of thiophene rings is 1. The molecule has 0 spiro atoms. The molecule has 5 heterocycles. The second-order valence-electron chi connectivity index (χ2n) is 7.69. The number of rotatable bonds is 3. The van der Waals surface area contributed by atoms with Gasteiger partial charge in [-0.25, -0.2) is 19.5 Å². The fraction of sp³-hybridized carbons (Fsp3) is 0.300. The van der Waals surface area contributed by atoms with Crippen molar-refractivity contribution in [2.75, 3.05) is 0 Å². The van der Waals surface area contributed by atoms with E-state index in [9.17, 15) is 0 Å². The predicted molar refractivity (Wildman–Crippen MR) is 118 cm³/mol. The number of fused-ring (bicyclic) bond motifs is 6. The molecule has 1 aliphatic rings. The summed E-state index contributed by atoms with van der Waals surface area (Å²) in [7, 11) is 0. The van der Waals surface area contributed by atoms with E-state index in [4.69, 9.17) is 14.7 Å². The van der Waals surface area contributed by atoms with Crippen molar-refractivity contribution < 1.29 is 4.74 Å². The fourth-order valence-electron chi connectivity index (χ4n) is 3.69. The average molecular weight is 440 g/mol. The number of thioether (sulfide) groups is 1. The van der Waals surface area contributed by atoms with E-state index in [0.717, 1.165) is 38.0 Å². The lowest BCUT2D eigenvalue weighted by Gasteiger charge is -2.30. The van der Waals surface area contributed by atoms with Crippen molar-refractivity contribution in [3.05, 3.63) is 46.9 Å². The van der Waals surface area contributed by atoms with Crippen LogP contribution in [0.25, 0.3) is 26.1 Å². The highest BCUT2D eigenvalue weighted by molar-refractivity contribution is 8.00. The molecule has 146 valence electrons. The molecule has 0 bridgehead atoms. The van der Waals surface area contributed by atoms with Gasteiger partial charge in [-0.1, -0.05) is 23.9 Å². The molecular weight excluding hydrogens is 422 g/mol. The molecule has 0 saturated carbocycles. The molecule has 6 rings (SSSR count). The maximum Gasteiger partial charge on any atom is 0.167 e. The Morgan fingerprint density at radius 1 is 1.21 bits per heavy atom. The van der Waals surface area contributed by atoms with Crippen LogP contribution in [0.4, 0.5) is 0 Å². The van der Waals surface area contributed by atoms with Crippen LogP contribution in [0.5, 0.6) is 0 Å². The van der Waals surface area contributed by atoms with Crippen LogP contribution in [0, 0.1) is 0 Å². The van der Waals surface area contributed by atoms with Gasteiger partial charge in [-0.05, 0) is 31.5 Å². The Labute approximate surface area is 179 Å². The van der Waals surface area contributed by atoms with Crippen molar-refractivity contribution in [3.63, 3.8) is 0 Å². The quantitative estimate of drug-likeness (QED) is 0.365. The zero-order chi connectivity index (χ0) is 19.6. The van der Waals surface area contributed by atoms with Crippen LogP contribution in [0.3, 0.4) is 0 Å².